The smallest absolute Gasteiger partial charge is 0.143 e. The summed E-state index contributed by atoms with van der Waals surface area (Å²) in [5, 5.41) is 6.56. The van der Waals surface area contributed by atoms with Crippen molar-refractivity contribution in [2.45, 2.75) is 13.3 Å². The van der Waals surface area contributed by atoms with Gasteiger partial charge < -0.3 is 15.8 Å². The molecule has 1 aromatic carbocycles. The third kappa shape index (κ3) is 3.13. The molecule has 0 saturated carbocycles. The fraction of sp³-hybridized carbons (Fsp3) is 0.308. The van der Waals surface area contributed by atoms with Gasteiger partial charge in [0, 0.05) is 35.8 Å². The van der Waals surface area contributed by atoms with Crippen molar-refractivity contribution in [3.8, 4) is 5.75 Å². The van der Waals surface area contributed by atoms with Crippen LogP contribution in [0.25, 0.3) is 0 Å². The van der Waals surface area contributed by atoms with Crippen molar-refractivity contribution < 1.29 is 4.74 Å². The lowest BCUT2D eigenvalue weighted by Crippen LogP contribution is -2.05. The Balaban J connectivity index is 1.90. The molecule has 4 nitrogen and oxygen atoms in total. The average molecular weight is 263 g/mol. The molecule has 1 aromatic heterocycles. The van der Waals surface area contributed by atoms with Gasteiger partial charge >= 0.3 is 0 Å². The summed E-state index contributed by atoms with van der Waals surface area (Å²) in [6.45, 7) is 2.86. The summed E-state index contributed by atoms with van der Waals surface area (Å²) < 4.78 is 5.18. The zero-order chi connectivity index (χ0) is 13.0. The Morgan fingerprint density at radius 2 is 2.28 bits per heavy atom. The summed E-state index contributed by atoms with van der Waals surface area (Å²) in [7, 11) is 1.62. The number of nitrogens with zero attached hydrogens (tertiary/aromatic N) is 1. The number of nitrogens with two attached hydrogens (primary N) is 1. The van der Waals surface area contributed by atoms with Crippen LogP contribution in [0.5, 0.6) is 5.75 Å². The van der Waals surface area contributed by atoms with Gasteiger partial charge in [-0.05, 0) is 19.1 Å². The first-order valence-corrected chi connectivity index (χ1v) is 6.65. The lowest BCUT2D eigenvalue weighted by Gasteiger charge is -2.09. The van der Waals surface area contributed by atoms with E-state index < -0.39 is 0 Å². The fourth-order valence-corrected chi connectivity index (χ4v) is 2.43. The van der Waals surface area contributed by atoms with E-state index in [0.717, 1.165) is 29.4 Å². The molecule has 0 saturated heterocycles. The van der Waals surface area contributed by atoms with Crippen molar-refractivity contribution in [1.82, 2.24) is 4.98 Å². The molecule has 0 bridgehead atoms. The van der Waals surface area contributed by atoms with Crippen molar-refractivity contribution in [3.63, 3.8) is 0 Å². The maximum Gasteiger partial charge on any atom is 0.143 e. The normalized spacial score (nSPS) is 10.3. The SMILES string of the molecule is COc1cc(NCCc2nc(C)cs2)ccc1N. The summed E-state index contributed by atoms with van der Waals surface area (Å²) in [6, 6.07) is 5.70. The van der Waals surface area contributed by atoms with Gasteiger partial charge in [0.1, 0.15) is 5.75 Å². The van der Waals surface area contributed by atoms with Gasteiger partial charge in [-0.25, -0.2) is 4.98 Å². The van der Waals surface area contributed by atoms with Gasteiger partial charge in [-0.2, -0.15) is 0 Å². The molecule has 0 radical (unpaired) electrons. The highest BCUT2D eigenvalue weighted by atomic mass is 32.1. The number of nitrogen functional groups attached to an aromatic ring is 1. The van der Waals surface area contributed by atoms with Gasteiger partial charge in [-0.1, -0.05) is 0 Å². The van der Waals surface area contributed by atoms with E-state index in [1.165, 1.54) is 0 Å². The lowest BCUT2D eigenvalue weighted by atomic mass is 10.2. The van der Waals surface area contributed by atoms with E-state index in [-0.39, 0.29) is 0 Å². The number of rotatable bonds is 5. The van der Waals surface area contributed by atoms with Gasteiger partial charge in [-0.3, -0.25) is 0 Å². The van der Waals surface area contributed by atoms with E-state index in [0.29, 0.717) is 11.4 Å². The van der Waals surface area contributed by atoms with Gasteiger partial charge in [0.05, 0.1) is 17.8 Å². The molecule has 2 aromatic rings. The second kappa shape index (κ2) is 5.73. The Kier molecular flexibility index (Phi) is 4.04. The third-order valence-electron chi connectivity index (χ3n) is 2.57. The molecule has 2 rings (SSSR count). The highest BCUT2D eigenvalue weighted by Gasteiger charge is 2.02. The van der Waals surface area contributed by atoms with Crippen molar-refractivity contribution in [1.29, 1.82) is 0 Å². The van der Waals surface area contributed by atoms with E-state index >= 15 is 0 Å². The predicted molar refractivity (Wildman–Crippen MR) is 76.5 cm³/mol. The van der Waals surface area contributed by atoms with Crippen LogP contribution in [0.4, 0.5) is 11.4 Å². The molecule has 0 aliphatic heterocycles. The number of methoxy groups -OCH3 is 1. The Labute approximate surface area is 111 Å². The highest BCUT2D eigenvalue weighted by Crippen LogP contribution is 2.24. The van der Waals surface area contributed by atoms with Gasteiger partial charge in [0.25, 0.3) is 0 Å². The van der Waals surface area contributed by atoms with E-state index in [4.69, 9.17) is 10.5 Å². The molecule has 0 aliphatic rings. The van der Waals surface area contributed by atoms with Crippen LogP contribution in [0.1, 0.15) is 10.7 Å². The number of ether oxygens (including phenoxy) is 1. The van der Waals surface area contributed by atoms with Gasteiger partial charge in [0.15, 0.2) is 0 Å². The first-order chi connectivity index (χ1) is 8.69. The summed E-state index contributed by atoms with van der Waals surface area (Å²) in [5.41, 5.74) is 8.51. The number of aryl methyl sites for hydroxylation is 1. The molecule has 3 N–H and O–H groups in total. The number of thiazole rings is 1. The van der Waals surface area contributed by atoms with Crippen LogP contribution in [0.3, 0.4) is 0 Å². The maximum absolute atomic E-state index is 5.76. The Morgan fingerprint density at radius 1 is 1.44 bits per heavy atom. The first-order valence-electron chi connectivity index (χ1n) is 5.77. The topological polar surface area (TPSA) is 60.2 Å². The summed E-state index contributed by atoms with van der Waals surface area (Å²) in [4.78, 5) is 4.42. The van der Waals surface area contributed by atoms with Gasteiger partial charge in [-0.15, -0.1) is 11.3 Å². The van der Waals surface area contributed by atoms with Crippen LogP contribution < -0.4 is 15.8 Å². The lowest BCUT2D eigenvalue weighted by molar-refractivity contribution is 0.417. The van der Waals surface area contributed by atoms with Crippen LogP contribution >= 0.6 is 11.3 Å². The third-order valence-corrected chi connectivity index (χ3v) is 3.59. The Morgan fingerprint density at radius 3 is 2.94 bits per heavy atom. The largest absolute Gasteiger partial charge is 0.495 e. The number of hydrogen-bond acceptors (Lipinski definition) is 5. The monoisotopic (exact) mass is 263 g/mol. The second-order valence-corrected chi connectivity index (χ2v) is 4.96. The Bertz CT molecular complexity index is 525. The molecule has 1 heterocycles. The second-order valence-electron chi connectivity index (χ2n) is 4.02. The van der Waals surface area contributed by atoms with Gasteiger partial charge in [0.2, 0.25) is 0 Å². The standard InChI is InChI=1S/C13H17N3OS/c1-9-8-18-13(16-9)5-6-15-10-3-4-11(14)12(7-10)17-2/h3-4,7-8,15H,5-6,14H2,1-2H3. The van der Waals surface area contributed by atoms with Crippen LogP contribution in [-0.2, 0) is 6.42 Å². The summed E-state index contributed by atoms with van der Waals surface area (Å²) >= 11 is 1.70. The van der Waals surface area contributed by atoms with E-state index in [9.17, 15) is 0 Å². The minimum atomic E-state index is 0.651. The molecule has 18 heavy (non-hydrogen) atoms. The molecular formula is C13H17N3OS. The van der Waals surface area contributed by atoms with Crippen LogP contribution in [0.2, 0.25) is 0 Å². The summed E-state index contributed by atoms with van der Waals surface area (Å²) in [5.74, 6) is 0.699. The number of hydrogen-bond donors (Lipinski definition) is 2. The fourth-order valence-electron chi connectivity index (χ4n) is 1.65. The van der Waals surface area contributed by atoms with Crippen LogP contribution in [0, 0.1) is 6.92 Å². The zero-order valence-corrected chi connectivity index (χ0v) is 11.4. The molecule has 0 atom stereocenters. The quantitative estimate of drug-likeness (QED) is 0.814. The number of aromatic nitrogens is 1. The number of nitrogens with one attached hydrogen (secondary N) is 1. The molecule has 0 spiro atoms. The molecule has 0 fully saturated rings. The summed E-state index contributed by atoms with van der Waals surface area (Å²) in [6.07, 6.45) is 0.922. The zero-order valence-electron chi connectivity index (χ0n) is 10.6. The van der Waals surface area contributed by atoms with Crippen LogP contribution in [-0.4, -0.2) is 18.6 Å². The van der Waals surface area contributed by atoms with Crippen molar-refractivity contribution >= 4 is 22.7 Å². The number of anilines is 2. The highest BCUT2D eigenvalue weighted by molar-refractivity contribution is 7.09. The molecule has 0 amide bonds. The van der Waals surface area contributed by atoms with E-state index in [1.807, 2.05) is 25.1 Å². The molecule has 5 heteroatoms. The predicted octanol–water partition coefficient (Wildman–Crippen LogP) is 2.70. The molecule has 0 unspecified atom stereocenters. The molecular weight excluding hydrogens is 246 g/mol. The average Bonchev–Trinajstić information content (AvgIpc) is 2.77. The molecule has 0 aliphatic carbocycles. The van der Waals surface area contributed by atoms with Crippen molar-refractivity contribution in [2.24, 2.45) is 0 Å². The maximum atomic E-state index is 5.76. The van der Waals surface area contributed by atoms with E-state index in [1.54, 1.807) is 18.4 Å². The van der Waals surface area contributed by atoms with Crippen molar-refractivity contribution in [2.75, 3.05) is 24.7 Å². The molecule has 96 valence electrons. The Hall–Kier alpha value is -1.75. The minimum Gasteiger partial charge on any atom is -0.495 e. The minimum absolute atomic E-state index is 0.651. The number of benzene rings is 1. The van der Waals surface area contributed by atoms with Crippen LogP contribution in [0.15, 0.2) is 23.6 Å². The van der Waals surface area contributed by atoms with Crippen molar-refractivity contribution in [3.05, 3.63) is 34.3 Å². The van der Waals surface area contributed by atoms with E-state index in [2.05, 4.69) is 15.7 Å². The first kappa shape index (κ1) is 12.7.